The van der Waals surface area contributed by atoms with Gasteiger partial charge in [0.25, 0.3) is 0 Å². The van der Waals surface area contributed by atoms with Crippen molar-refractivity contribution in [1.29, 1.82) is 5.26 Å². The number of hydrogen-bond acceptors (Lipinski definition) is 4. The van der Waals surface area contributed by atoms with Gasteiger partial charge in [0.2, 0.25) is 5.91 Å². The van der Waals surface area contributed by atoms with E-state index in [0.717, 1.165) is 0 Å². The zero-order chi connectivity index (χ0) is 11.4. The van der Waals surface area contributed by atoms with Crippen LogP contribution in [0.15, 0.2) is 11.4 Å². The lowest BCUT2D eigenvalue weighted by molar-refractivity contribution is -0.118. The highest BCUT2D eigenvalue weighted by molar-refractivity contribution is 7.14. The van der Waals surface area contributed by atoms with E-state index in [-0.39, 0.29) is 11.8 Å². The standard InChI is InChI=1S/C10H13N3OS/c1-6(2)8(12)9(14)13-10-7(5-11)3-4-15-10/h3-4,6,8H,12H2,1-2H3,(H,13,14). The van der Waals surface area contributed by atoms with Crippen LogP contribution >= 0.6 is 11.3 Å². The third-order valence-corrected chi connectivity index (χ3v) is 2.87. The van der Waals surface area contributed by atoms with E-state index in [9.17, 15) is 4.79 Å². The lowest BCUT2D eigenvalue weighted by Crippen LogP contribution is -2.39. The molecule has 0 aliphatic carbocycles. The molecule has 0 fully saturated rings. The number of anilines is 1. The number of thiophene rings is 1. The summed E-state index contributed by atoms with van der Waals surface area (Å²) in [6, 6.07) is 3.13. The maximum Gasteiger partial charge on any atom is 0.242 e. The van der Waals surface area contributed by atoms with Crippen LogP contribution in [0.2, 0.25) is 0 Å². The van der Waals surface area contributed by atoms with Crippen LogP contribution in [0.3, 0.4) is 0 Å². The molecule has 3 N–H and O–H groups in total. The highest BCUT2D eigenvalue weighted by Gasteiger charge is 2.18. The van der Waals surface area contributed by atoms with E-state index >= 15 is 0 Å². The topological polar surface area (TPSA) is 78.9 Å². The number of nitrogens with two attached hydrogens (primary N) is 1. The number of amides is 1. The average Bonchev–Trinajstić information content (AvgIpc) is 2.63. The minimum absolute atomic E-state index is 0.0792. The van der Waals surface area contributed by atoms with E-state index in [1.54, 1.807) is 11.4 Å². The summed E-state index contributed by atoms with van der Waals surface area (Å²) < 4.78 is 0. The van der Waals surface area contributed by atoms with Gasteiger partial charge in [0, 0.05) is 0 Å². The predicted molar refractivity (Wildman–Crippen MR) is 60.5 cm³/mol. The first kappa shape index (κ1) is 11.7. The van der Waals surface area contributed by atoms with Gasteiger partial charge < -0.3 is 11.1 Å². The second-order valence-corrected chi connectivity index (χ2v) is 4.45. The van der Waals surface area contributed by atoms with Gasteiger partial charge in [-0.1, -0.05) is 13.8 Å². The molecular formula is C10H13N3OS. The maximum absolute atomic E-state index is 11.6. The second-order valence-electron chi connectivity index (χ2n) is 3.53. The first-order chi connectivity index (χ1) is 7.06. The summed E-state index contributed by atoms with van der Waals surface area (Å²) in [5.74, 6) is -0.167. The molecule has 15 heavy (non-hydrogen) atoms. The molecule has 0 bridgehead atoms. The Hall–Kier alpha value is -1.38. The van der Waals surface area contributed by atoms with Crippen molar-refractivity contribution in [3.05, 3.63) is 17.0 Å². The smallest absolute Gasteiger partial charge is 0.242 e. The molecule has 1 aromatic heterocycles. The number of nitrogens with one attached hydrogen (secondary N) is 1. The molecule has 80 valence electrons. The Balaban J connectivity index is 2.71. The van der Waals surface area contributed by atoms with Gasteiger partial charge in [-0.2, -0.15) is 5.26 Å². The normalized spacial score (nSPS) is 12.2. The quantitative estimate of drug-likeness (QED) is 0.815. The SMILES string of the molecule is CC(C)C(N)C(=O)Nc1sccc1C#N. The largest absolute Gasteiger partial charge is 0.320 e. The van der Waals surface area contributed by atoms with Gasteiger partial charge in [-0.15, -0.1) is 11.3 Å². The van der Waals surface area contributed by atoms with Crippen molar-refractivity contribution < 1.29 is 4.79 Å². The summed E-state index contributed by atoms with van der Waals surface area (Å²) in [7, 11) is 0. The van der Waals surface area contributed by atoms with E-state index < -0.39 is 6.04 Å². The first-order valence-corrected chi connectivity index (χ1v) is 5.48. The van der Waals surface area contributed by atoms with Crippen LogP contribution < -0.4 is 11.1 Å². The number of hydrogen-bond donors (Lipinski definition) is 2. The molecule has 0 radical (unpaired) electrons. The molecule has 1 heterocycles. The van der Waals surface area contributed by atoms with Gasteiger partial charge in [-0.25, -0.2) is 0 Å². The third-order valence-electron chi connectivity index (χ3n) is 2.04. The Morgan fingerprint density at radius 3 is 2.87 bits per heavy atom. The fourth-order valence-corrected chi connectivity index (χ4v) is 1.73. The first-order valence-electron chi connectivity index (χ1n) is 4.60. The van der Waals surface area contributed by atoms with Crippen molar-refractivity contribution in [3.8, 4) is 6.07 Å². The maximum atomic E-state index is 11.6. The molecule has 1 unspecified atom stereocenters. The van der Waals surface area contributed by atoms with E-state index in [1.165, 1.54) is 11.3 Å². The van der Waals surface area contributed by atoms with Gasteiger partial charge in [0.05, 0.1) is 11.6 Å². The fourth-order valence-electron chi connectivity index (χ4n) is 0.992. The Labute approximate surface area is 92.7 Å². The average molecular weight is 223 g/mol. The molecule has 0 saturated carbocycles. The monoisotopic (exact) mass is 223 g/mol. The zero-order valence-electron chi connectivity index (χ0n) is 8.65. The summed E-state index contributed by atoms with van der Waals surface area (Å²) in [5.41, 5.74) is 6.15. The van der Waals surface area contributed by atoms with E-state index in [4.69, 9.17) is 11.0 Å². The Morgan fingerprint density at radius 2 is 2.33 bits per heavy atom. The third kappa shape index (κ3) is 2.78. The molecule has 0 aliphatic rings. The van der Waals surface area contributed by atoms with Crippen LogP contribution in [-0.4, -0.2) is 11.9 Å². The molecule has 1 rings (SSSR count). The van der Waals surface area contributed by atoms with Crippen molar-refractivity contribution in [3.63, 3.8) is 0 Å². The minimum Gasteiger partial charge on any atom is -0.320 e. The molecule has 0 saturated heterocycles. The van der Waals surface area contributed by atoms with Crippen molar-refractivity contribution in [1.82, 2.24) is 0 Å². The highest BCUT2D eigenvalue weighted by atomic mass is 32.1. The highest BCUT2D eigenvalue weighted by Crippen LogP contribution is 2.22. The lowest BCUT2D eigenvalue weighted by atomic mass is 10.1. The number of rotatable bonds is 3. The number of nitriles is 1. The summed E-state index contributed by atoms with van der Waals surface area (Å²) in [6.07, 6.45) is 0. The molecule has 1 aromatic rings. The Kier molecular flexibility index (Phi) is 3.83. The van der Waals surface area contributed by atoms with Crippen LogP contribution in [0.25, 0.3) is 0 Å². The predicted octanol–water partition coefficient (Wildman–Crippen LogP) is 1.54. The molecule has 5 heteroatoms. The van der Waals surface area contributed by atoms with Crippen LogP contribution in [0.1, 0.15) is 19.4 Å². The van der Waals surface area contributed by atoms with Gasteiger partial charge in [0.1, 0.15) is 11.1 Å². The lowest BCUT2D eigenvalue weighted by Gasteiger charge is -2.14. The van der Waals surface area contributed by atoms with E-state index in [0.29, 0.717) is 10.6 Å². The van der Waals surface area contributed by atoms with Gasteiger partial charge in [-0.3, -0.25) is 4.79 Å². The molecule has 0 aromatic carbocycles. The zero-order valence-corrected chi connectivity index (χ0v) is 9.47. The summed E-state index contributed by atoms with van der Waals surface area (Å²) in [6.45, 7) is 3.76. The van der Waals surface area contributed by atoms with Crippen LogP contribution in [0.4, 0.5) is 5.00 Å². The van der Waals surface area contributed by atoms with Gasteiger partial charge in [-0.05, 0) is 17.4 Å². The minimum atomic E-state index is -0.543. The summed E-state index contributed by atoms with van der Waals surface area (Å²) >= 11 is 1.32. The van der Waals surface area contributed by atoms with E-state index in [1.807, 2.05) is 19.9 Å². The van der Waals surface area contributed by atoms with Crippen molar-refractivity contribution in [2.24, 2.45) is 11.7 Å². The molecule has 1 amide bonds. The van der Waals surface area contributed by atoms with Crippen molar-refractivity contribution in [2.75, 3.05) is 5.32 Å². The van der Waals surface area contributed by atoms with Crippen molar-refractivity contribution in [2.45, 2.75) is 19.9 Å². The van der Waals surface area contributed by atoms with Crippen LogP contribution in [0.5, 0.6) is 0 Å². The second kappa shape index (κ2) is 4.91. The summed E-state index contributed by atoms with van der Waals surface area (Å²) in [5, 5.41) is 13.7. The molecule has 1 atom stereocenters. The van der Waals surface area contributed by atoms with E-state index in [2.05, 4.69) is 5.32 Å². The van der Waals surface area contributed by atoms with Gasteiger partial charge in [0.15, 0.2) is 0 Å². The Bertz CT molecular complexity index is 392. The van der Waals surface area contributed by atoms with Crippen molar-refractivity contribution >= 4 is 22.2 Å². The summed E-state index contributed by atoms with van der Waals surface area (Å²) in [4.78, 5) is 11.6. The van der Waals surface area contributed by atoms with Crippen LogP contribution in [0, 0.1) is 17.2 Å². The molecule has 0 aliphatic heterocycles. The molecule has 0 spiro atoms. The number of carbonyl (C=O) groups is 1. The molecule has 4 nitrogen and oxygen atoms in total. The number of nitrogens with zero attached hydrogens (tertiary/aromatic N) is 1. The van der Waals surface area contributed by atoms with Crippen LogP contribution in [-0.2, 0) is 4.79 Å². The Morgan fingerprint density at radius 1 is 1.67 bits per heavy atom. The molecular weight excluding hydrogens is 210 g/mol. The van der Waals surface area contributed by atoms with Gasteiger partial charge >= 0.3 is 0 Å². The number of carbonyl (C=O) groups excluding carboxylic acids is 1. The fraction of sp³-hybridized carbons (Fsp3) is 0.400.